The smallest absolute Gasteiger partial charge is 0.127 e. The molecule has 0 amide bonds. The Hall–Kier alpha value is -4.30. The molecular formula is C42H40O4P2. The number of aliphatic hydroxyl groups is 2. The van der Waals surface area contributed by atoms with Crippen LogP contribution in [-0.2, 0) is 0 Å². The molecule has 0 fully saturated rings. The van der Waals surface area contributed by atoms with Gasteiger partial charge < -0.3 is 19.7 Å². The van der Waals surface area contributed by atoms with Gasteiger partial charge in [-0.1, -0.05) is 146 Å². The average molecular weight is 671 g/mol. The zero-order valence-corrected chi connectivity index (χ0v) is 28.6. The fraction of sp³-hybridized carbons (Fsp3) is 0.143. The monoisotopic (exact) mass is 670 g/mol. The van der Waals surface area contributed by atoms with Crippen LogP contribution in [0.25, 0.3) is 11.1 Å². The Morgan fingerprint density at radius 2 is 0.688 bits per heavy atom. The van der Waals surface area contributed by atoms with Crippen LogP contribution in [0.1, 0.15) is 12.8 Å². The Morgan fingerprint density at radius 1 is 0.375 bits per heavy atom. The summed E-state index contributed by atoms with van der Waals surface area (Å²) in [4.78, 5) is 0. The second kappa shape index (κ2) is 17.2. The minimum absolute atomic E-state index is 0.0508. The molecule has 0 aromatic heterocycles. The van der Waals surface area contributed by atoms with Crippen LogP contribution < -0.4 is 41.3 Å². The Bertz CT molecular complexity index is 1630. The van der Waals surface area contributed by atoms with Crippen molar-refractivity contribution in [2.45, 2.75) is 12.8 Å². The van der Waals surface area contributed by atoms with E-state index in [1.807, 2.05) is 12.1 Å². The summed E-state index contributed by atoms with van der Waals surface area (Å²) in [5.74, 6) is 1.52. The summed E-state index contributed by atoms with van der Waals surface area (Å²) >= 11 is 0. The summed E-state index contributed by atoms with van der Waals surface area (Å²) in [6, 6.07) is 55.6. The number of hydrogen-bond donors (Lipinski definition) is 2. The molecule has 6 aromatic carbocycles. The molecule has 6 heteroatoms. The second-order valence-corrected chi connectivity index (χ2v) is 15.5. The van der Waals surface area contributed by atoms with Gasteiger partial charge in [-0.3, -0.25) is 0 Å². The maximum atomic E-state index is 9.69. The summed E-state index contributed by atoms with van der Waals surface area (Å²) in [6.45, 7) is 0.873. The predicted molar refractivity (Wildman–Crippen MR) is 204 cm³/mol. The summed E-state index contributed by atoms with van der Waals surface area (Å²) < 4.78 is 13.2. The third-order valence-electron chi connectivity index (χ3n) is 7.92. The molecule has 0 atom stereocenters. The lowest BCUT2D eigenvalue weighted by atomic mass is 10.0. The van der Waals surface area contributed by atoms with Gasteiger partial charge in [0.05, 0.1) is 13.2 Å². The maximum absolute atomic E-state index is 9.69. The quantitative estimate of drug-likeness (QED) is 0.0983. The molecule has 0 aliphatic heterocycles. The topological polar surface area (TPSA) is 58.9 Å². The summed E-state index contributed by atoms with van der Waals surface area (Å²) in [5, 5.41) is 26.7. The van der Waals surface area contributed by atoms with Crippen LogP contribution in [0.3, 0.4) is 0 Å². The molecule has 0 spiro atoms. The highest BCUT2D eigenvalue weighted by atomic mass is 31.1. The minimum Gasteiger partial charge on any atom is -0.493 e. The minimum atomic E-state index is -1.01. The van der Waals surface area contributed by atoms with Gasteiger partial charge in [0.15, 0.2) is 0 Å². The highest BCUT2D eigenvalue weighted by Gasteiger charge is 2.30. The normalized spacial score (nSPS) is 11.2. The highest BCUT2D eigenvalue weighted by molar-refractivity contribution is 7.80. The van der Waals surface area contributed by atoms with Crippen LogP contribution in [0.4, 0.5) is 0 Å². The molecule has 4 nitrogen and oxygen atoms in total. The van der Waals surface area contributed by atoms with Gasteiger partial charge in [0.1, 0.15) is 11.5 Å². The van der Waals surface area contributed by atoms with Crippen molar-refractivity contribution in [2.24, 2.45) is 0 Å². The van der Waals surface area contributed by atoms with Gasteiger partial charge in [-0.15, -0.1) is 0 Å². The molecule has 6 rings (SSSR count). The Kier molecular flexibility index (Phi) is 12.0. The van der Waals surface area contributed by atoms with E-state index < -0.39 is 15.8 Å². The fourth-order valence-electron chi connectivity index (χ4n) is 5.81. The molecular weight excluding hydrogens is 630 g/mol. The van der Waals surface area contributed by atoms with Gasteiger partial charge >= 0.3 is 0 Å². The van der Waals surface area contributed by atoms with Crippen LogP contribution in [-0.4, -0.2) is 36.6 Å². The maximum Gasteiger partial charge on any atom is 0.127 e. The largest absolute Gasteiger partial charge is 0.493 e. The van der Waals surface area contributed by atoms with Crippen molar-refractivity contribution >= 4 is 47.7 Å². The van der Waals surface area contributed by atoms with Crippen molar-refractivity contribution in [2.75, 3.05) is 26.4 Å². The van der Waals surface area contributed by atoms with Crippen molar-refractivity contribution in [3.8, 4) is 22.6 Å². The van der Waals surface area contributed by atoms with E-state index in [0.29, 0.717) is 26.1 Å². The Balaban J connectivity index is 1.69. The van der Waals surface area contributed by atoms with E-state index in [-0.39, 0.29) is 13.2 Å². The van der Waals surface area contributed by atoms with E-state index in [0.717, 1.165) is 22.6 Å². The molecule has 0 saturated carbocycles. The van der Waals surface area contributed by atoms with Gasteiger partial charge in [0.25, 0.3) is 0 Å². The number of aliphatic hydroxyl groups excluding tert-OH is 2. The van der Waals surface area contributed by atoms with Gasteiger partial charge in [0.2, 0.25) is 0 Å². The summed E-state index contributed by atoms with van der Waals surface area (Å²) in [7, 11) is -2.02. The number of benzene rings is 6. The van der Waals surface area contributed by atoms with Gasteiger partial charge in [-0.05, 0) is 59.8 Å². The fourth-order valence-corrected chi connectivity index (χ4v) is 10.8. The van der Waals surface area contributed by atoms with Crippen LogP contribution >= 0.6 is 15.8 Å². The standard InChI is InChI=1S/C42H40O4P2/c43-29-15-31-45-37-25-13-27-39(47(33-17-5-1-6-18-33)34-19-7-2-8-20-34)41(37)42-38(46-32-16-30-44)26-14-28-40(42)48(35-21-9-3-10-22-35)36-23-11-4-12-24-36/h1-14,17-28,43-44H,15-16,29-32H2. The third-order valence-corrected chi connectivity index (χ3v) is 12.9. The van der Waals surface area contributed by atoms with E-state index in [1.54, 1.807) is 0 Å². The van der Waals surface area contributed by atoms with Crippen molar-refractivity contribution in [3.63, 3.8) is 0 Å². The van der Waals surface area contributed by atoms with Crippen LogP contribution in [0, 0.1) is 0 Å². The van der Waals surface area contributed by atoms with Crippen molar-refractivity contribution < 1.29 is 19.7 Å². The molecule has 0 heterocycles. The molecule has 242 valence electrons. The first kappa shape index (κ1) is 33.6. The first-order valence-electron chi connectivity index (χ1n) is 16.3. The van der Waals surface area contributed by atoms with E-state index in [2.05, 4.69) is 146 Å². The van der Waals surface area contributed by atoms with Crippen molar-refractivity contribution in [3.05, 3.63) is 158 Å². The number of ether oxygens (including phenoxy) is 2. The molecule has 2 N–H and O–H groups in total. The zero-order valence-electron chi connectivity index (χ0n) is 26.9. The first-order chi connectivity index (χ1) is 23.8. The first-order valence-corrected chi connectivity index (χ1v) is 19.0. The predicted octanol–water partition coefficient (Wildman–Crippen LogP) is 6.39. The van der Waals surface area contributed by atoms with Gasteiger partial charge in [0, 0.05) is 37.2 Å². The average Bonchev–Trinajstić information content (AvgIpc) is 3.14. The number of hydrogen-bond acceptors (Lipinski definition) is 4. The number of rotatable bonds is 15. The van der Waals surface area contributed by atoms with Crippen molar-refractivity contribution in [1.82, 2.24) is 0 Å². The molecule has 0 saturated heterocycles. The molecule has 0 aliphatic rings. The molecule has 0 bridgehead atoms. The molecule has 0 radical (unpaired) electrons. The lowest BCUT2D eigenvalue weighted by Gasteiger charge is -2.29. The van der Waals surface area contributed by atoms with E-state index in [4.69, 9.17) is 9.47 Å². The highest BCUT2D eigenvalue weighted by Crippen LogP contribution is 2.47. The van der Waals surface area contributed by atoms with Gasteiger partial charge in [-0.25, -0.2) is 0 Å². The lowest BCUT2D eigenvalue weighted by molar-refractivity contribution is 0.232. The molecule has 6 aromatic rings. The molecule has 48 heavy (non-hydrogen) atoms. The van der Waals surface area contributed by atoms with E-state index >= 15 is 0 Å². The lowest BCUT2D eigenvalue weighted by Crippen LogP contribution is -2.26. The third kappa shape index (κ3) is 7.87. The second-order valence-electron chi connectivity index (χ2n) is 11.2. The van der Waals surface area contributed by atoms with Crippen LogP contribution in [0.2, 0.25) is 0 Å². The zero-order chi connectivity index (χ0) is 33.0. The summed E-state index contributed by atoms with van der Waals surface area (Å²) in [5.41, 5.74) is 2.01. The Morgan fingerprint density at radius 3 is 0.979 bits per heavy atom. The van der Waals surface area contributed by atoms with Gasteiger partial charge in [-0.2, -0.15) is 0 Å². The Labute approximate surface area is 286 Å². The molecule has 0 aliphatic carbocycles. The molecule has 0 unspecified atom stereocenters. The van der Waals surface area contributed by atoms with Crippen molar-refractivity contribution in [1.29, 1.82) is 0 Å². The van der Waals surface area contributed by atoms with E-state index in [9.17, 15) is 10.2 Å². The van der Waals surface area contributed by atoms with Crippen LogP contribution in [0.5, 0.6) is 11.5 Å². The van der Waals surface area contributed by atoms with E-state index in [1.165, 1.54) is 31.8 Å². The summed E-state index contributed by atoms with van der Waals surface area (Å²) in [6.07, 6.45) is 1.05. The van der Waals surface area contributed by atoms with Crippen LogP contribution in [0.15, 0.2) is 158 Å². The SMILES string of the molecule is OCCCOc1cccc(P(c2ccccc2)c2ccccc2)c1-c1c(OCCCO)cccc1P(c1ccccc1)c1ccccc1.